The molecule has 0 fully saturated rings. The van der Waals surface area contributed by atoms with Gasteiger partial charge in [-0.05, 0) is 43.3 Å². The smallest absolute Gasteiger partial charge is 0.217 e. The zero-order valence-electron chi connectivity index (χ0n) is 20.1. The molecule has 8 heteroatoms. The van der Waals surface area contributed by atoms with Gasteiger partial charge in [-0.25, -0.2) is 9.98 Å². The molecular formula is C27H34BrN4O2P. The van der Waals surface area contributed by atoms with Gasteiger partial charge in [0.2, 0.25) is 5.96 Å². The third-order valence-corrected chi connectivity index (χ3v) is 9.73. The highest BCUT2D eigenvalue weighted by molar-refractivity contribution is 7.95. The van der Waals surface area contributed by atoms with E-state index in [1.807, 2.05) is 0 Å². The second kappa shape index (κ2) is 15.4. The summed E-state index contributed by atoms with van der Waals surface area (Å²) in [6, 6.07) is 32.5. The third-order valence-electron chi connectivity index (χ3n) is 5.33. The van der Waals surface area contributed by atoms with Crippen LogP contribution in [0.1, 0.15) is 6.92 Å². The number of nitrogens with zero attached hydrogens (tertiary/aromatic N) is 2. The predicted molar refractivity (Wildman–Crippen MR) is 145 cm³/mol. The third kappa shape index (κ3) is 8.55. The number of rotatable bonds is 12. The first kappa shape index (κ1) is 28.7. The highest BCUT2D eigenvalue weighted by Gasteiger charge is 2.44. The maximum absolute atomic E-state index is 6.04. The molecule has 4 N–H and O–H groups in total. The molecule has 186 valence electrons. The van der Waals surface area contributed by atoms with Gasteiger partial charge in [0.25, 0.3) is 0 Å². The second-order valence-electron chi connectivity index (χ2n) is 7.76. The van der Waals surface area contributed by atoms with Crippen LogP contribution in [0.3, 0.4) is 0 Å². The van der Waals surface area contributed by atoms with Crippen molar-refractivity contribution < 1.29 is 26.5 Å². The largest absolute Gasteiger partial charge is 1.00 e. The van der Waals surface area contributed by atoms with Crippen LogP contribution < -0.4 is 44.4 Å². The van der Waals surface area contributed by atoms with Crippen LogP contribution in [0, 0.1) is 0 Å². The van der Waals surface area contributed by atoms with E-state index in [2.05, 4.69) is 101 Å². The molecule has 3 aromatic rings. The SMILES string of the molecule is CC(N)=NC(N)=NCCOCCOCC[P+](c1ccccc1)(c1ccccc1)c1ccccc1.[Br-]. The van der Waals surface area contributed by atoms with Crippen molar-refractivity contribution in [1.82, 2.24) is 0 Å². The van der Waals surface area contributed by atoms with Gasteiger partial charge in [-0.15, -0.1) is 0 Å². The second-order valence-corrected chi connectivity index (χ2v) is 11.4. The van der Waals surface area contributed by atoms with Crippen molar-refractivity contribution in [3.8, 4) is 0 Å². The summed E-state index contributed by atoms with van der Waals surface area (Å²) in [5.74, 6) is 0.555. The molecule has 0 bridgehead atoms. The van der Waals surface area contributed by atoms with Gasteiger partial charge in [-0.3, -0.25) is 0 Å². The predicted octanol–water partition coefficient (Wildman–Crippen LogP) is -0.290. The van der Waals surface area contributed by atoms with Crippen LogP contribution >= 0.6 is 7.26 Å². The number of aliphatic imine (C=N–C) groups is 2. The lowest BCUT2D eigenvalue weighted by Crippen LogP contribution is -3.00. The lowest BCUT2D eigenvalue weighted by molar-refractivity contribution is -0.00000804. The molecule has 3 rings (SSSR count). The number of benzene rings is 3. The summed E-state index contributed by atoms with van der Waals surface area (Å²) in [7, 11) is -1.86. The number of nitrogens with two attached hydrogens (primary N) is 2. The zero-order chi connectivity index (χ0) is 24.1. The normalized spacial score (nSPS) is 12.3. The molecule has 0 spiro atoms. The van der Waals surface area contributed by atoms with Gasteiger partial charge in [0.1, 0.15) is 23.2 Å². The number of amidine groups is 1. The van der Waals surface area contributed by atoms with Crippen molar-refractivity contribution >= 4 is 35.0 Å². The van der Waals surface area contributed by atoms with E-state index in [9.17, 15) is 0 Å². The monoisotopic (exact) mass is 556 g/mol. The Morgan fingerprint density at radius 3 is 1.54 bits per heavy atom. The molecule has 0 radical (unpaired) electrons. The Bertz CT molecular complexity index is 950. The minimum absolute atomic E-state index is 0. The number of guanidine groups is 1. The fourth-order valence-electron chi connectivity index (χ4n) is 3.85. The van der Waals surface area contributed by atoms with E-state index in [1.165, 1.54) is 15.9 Å². The average Bonchev–Trinajstić information content (AvgIpc) is 2.86. The summed E-state index contributed by atoms with van der Waals surface area (Å²) < 4.78 is 11.7. The molecule has 0 amide bonds. The Morgan fingerprint density at radius 2 is 1.11 bits per heavy atom. The van der Waals surface area contributed by atoms with E-state index >= 15 is 0 Å². The van der Waals surface area contributed by atoms with E-state index in [4.69, 9.17) is 20.9 Å². The molecule has 0 saturated heterocycles. The first-order valence-electron chi connectivity index (χ1n) is 11.4. The van der Waals surface area contributed by atoms with Gasteiger partial charge < -0.3 is 37.9 Å². The van der Waals surface area contributed by atoms with Crippen LogP contribution in [0.25, 0.3) is 0 Å². The van der Waals surface area contributed by atoms with Crippen LogP contribution in [0.5, 0.6) is 0 Å². The summed E-state index contributed by atoms with van der Waals surface area (Å²) in [4.78, 5) is 7.98. The van der Waals surface area contributed by atoms with Crippen LogP contribution in [-0.4, -0.2) is 50.9 Å². The molecule has 0 saturated carbocycles. The lowest BCUT2D eigenvalue weighted by atomic mass is 10.4. The van der Waals surface area contributed by atoms with Gasteiger partial charge in [0, 0.05) is 0 Å². The molecule has 3 aromatic carbocycles. The van der Waals surface area contributed by atoms with Crippen molar-refractivity contribution in [1.29, 1.82) is 0 Å². The Labute approximate surface area is 219 Å². The molecule has 0 aliphatic heterocycles. The summed E-state index contributed by atoms with van der Waals surface area (Å²) in [6.45, 7) is 4.23. The molecule has 0 aliphatic rings. The zero-order valence-corrected chi connectivity index (χ0v) is 22.6. The molecule has 35 heavy (non-hydrogen) atoms. The molecule has 0 aromatic heterocycles. The number of halogens is 1. The van der Waals surface area contributed by atoms with E-state index in [-0.39, 0.29) is 22.9 Å². The molecule has 0 aliphatic carbocycles. The van der Waals surface area contributed by atoms with Crippen LogP contribution in [0.2, 0.25) is 0 Å². The van der Waals surface area contributed by atoms with Crippen molar-refractivity contribution in [2.75, 3.05) is 39.1 Å². The molecule has 0 heterocycles. The summed E-state index contributed by atoms with van der Waals surface area (Å²) in [6.07, 6.45) is 0.919. The Morgan fingerprint density at radius 1 is 0.686 bits per heavy atom. The van der Waals surface area contributed by atoms with Crippen LogP contribution in [0.15, 0.2) is 101 Å². The standard InChI is InChI=1S/C27H34N4O2P.BrH/c1-23(28)31-27(29)30-17-18-32-19-20-33-21-22-34(24-11-5-2-6-12-24,25-13-7-3-8-14-25)26-15-9-4-10-16-26;/h2-16H,17-22H2,1H3,(H4,28,29,30,31);1H/q+1;/p-1. The topological polar surface area (TPSA) is 95.2 Å². The van der Waals surface area contributed by atoms with Crippen molar-refractivity contribution in [3.63, 3.8) is 0 Å². The van der Waals surface area contributed by atoms with Crippen molar-refractivity contribution in [2.24, 2.45) is 21.5 Å². The van der Waals surface area contributed by atoms with Gasteiger partial charge in [-0.2, -0.15) is 0 Å². The fourth-order valence-corrected chi connectivity index (χ4v) is 7.96. The fraction of sp³-hybridized carbons (Fsp3) is 0.259. The maximum Gasteiger partial charge on any atom is 0.217 e. The number of ether oxygens (including phenoxy) is 2. The Kier molecular flexibility index (Phi) is 12.6. The summed E-state index contributed by atoms with van der Waals surface area (Å²) in [5.41, 5.74) is 11.1. The van der Waals surface area contributed by atoms with Crippen LogP contribution in [0.4, 0.5) is 0 Å². The van der Waals surface area contributed by atoms with E-state index in [0.717, 1.165) is 6.16 Å². The van der Waals surface area contributed by atoms with Gasteiger partial charge in [-0.1, -0.05) is 54.6 Å². The van der Waals surface area contributed by atoms with Gasteiger partial charge in [0.05, 0.1) is 45.0 Å². The van der Waals surface area contributed by atoms with Crippen molar-refractivity contribution in [3.05, 3.63) is 91.0 Å². The molecule has 6 nitrogen and oxygen atoms in total. The molecular weight excluding hydrogens is 523 g/mol. The number of hydrogen-bond acceptors (Lipinski definition) is 3. The quantitative estimate of drug-likeness (QED) is 0.139. The minimum Gasteiger partial charge on any atom is -1.00 e. The van der Waals surface area contributed by atoms with Crippen LogP contribution in [-0.2, 0) is 9.47 Å². The Balaban J connectivity index is 0.00000432. The Hall–Kier alpha value is -2.57. The van der Waals surface area contributed by atoms with Gasteiger partial charge in [0.15, 0.2) is 0 Å². The first-order chi connectivity index (χ1) is 16.6. The highest BCUT2D eigenvalue weighted by Crippen LogP contribution is 2.54. The van der Waals surface area contributed by atoms with E-state index < -0.39 is 7.26 Å². The number of hydrogen-bond donors (Lipinski definition) is 2. The van der Waals surface area contributed by atoms with Gasteiger partial charge >= 0.3 is 0 Å². The highest BCUT2D eigenvalue weighted by atomic mass is 79.9. The average molecular weight is 557 g/mol. The first-order valence-corrected chi connectivity index (χ1v) is 13.4. The lowest BCUT2D eigenvalue weighted by Gasteiger charge is -2.27. The minimum atomic E-state index is -1.86. The summed E-state index contributed by atoms with van der Waals surface area (Å²) >= 11 is 0. The van der Waals surface area contributed by atoms with E-state index in [1.54, 1.807) is 6.92 Å². The van der Waals surface area contributed by atoms with E-state index in [0.29, 0.717) is 38.8 Å². The molecule has 0 unspecified atom stereocenters. The molecule has 0 atom stereocenters. The maximum atomic E-state index is 6.04. The summed E-state index contributed by atoms with van der Waals surface area (Å²) in [5, 5.41) is 4.08. The van der Waals surface area contributed by atoms with Crippen molar-refractivity contribution in [2.45, 2.75) is 6.92 Å².